The first kappa shape index (κ1) is 19.8. The molecule has 0 saturated carbocycles. The Hall–Kier alpha value is -2.26. The SMILES string of the molecule is COc1cccc(C[NH+](C)CC(=O)N[C@@](C)(C#N)C(C)C)c1OC. The zero-order valence-corrected chi connectivity index (χ0v) is 15.4. The van der Waals surface area contributed by atoms with Gasteiger partial charge in [0.15, 0.2) is 18.0 Å². The van der Waals surface area contributed by atoms with E-state index in [4.69, 9.17) is 9.47 Å². The Balaban J connectivity index is 2.75. The summed E-state index contributed by atoms with van der Waals surface area (Å²) in [6.45, 7) is 6.46. The quantitative estimate of drug-likeness (QED) is 0.736. The molecule has 0 spiro atoms. The van der Waals surface area contributed by atoms with Gasteiger partial charge in [0.05, 0.1) is 32.9 Å². The molecule has 1 aromatic carbocycles. The summed E-state index contributed by atoms with van der Waals surface area (Å²) >= 11 is 0. The van der Waals surface area contributed by atoms with Crippen LogP contribution in [0.1, 0.15) is 26.3 Å². The highest BCUT2D eigenvalue weighted by molar-refractivity contribution is 5.78. The minimum Gasteiger partial charge on any atom is -0.493 e. The number of amides is 1. The Labute approximate surface area is 144 Å². The summed E-state index contributed by atoms with van der Waals surface area (Å²) in [5, 5.41) is 12.1. The number of hydrogen-bond donors (Lipinski definition) is 2. The van der Waals surface area contributed by atoms with E-state index in [-0.39, 0.29) is 18.4 Å². The molecule has 1 rings (SSSR count). The highest BCUT2D eigenvalue weighted by atomic mass is 16.5. The molecule has 1 amide bonds. The molecule has 0 aliphatic rings. The molecule has 0 radical (unpaired) electrons. The fraction of sp³-hybridized carbons (Fsp3) is 0.556. The molecule has 0 fully saturated rings. The second kappa shape index (κ2) is 8.55. The number of methoxy groups -OCH3 is 2. The molecule has 2 atom stereocenters. The van der Waals surface area contributed by atoms with E-state index in [9.17, 15) is 10.1 Å². The Morgan fingerprint density at radius 3 is 2.54 bits per heavy atom. The lowest BCUT2D eigenvalue weighted by atomic mass is 9.90. The van der Waals surface area contributed by atoms with Crippen molar-refractivity contribution in [2.45, 2.75) is 32.9 Å². The third-order valence-electron chi connectivity index (χ3n) is 4.23. The van der Waals surface area contributed by atoms with E-state index in [2.05, 4.69) is 11.4 Å². The van der Waals surface area contributed by atoms with Crippen molar-refractivity contribution < 1.29 is 19.2 Å². The highest BCUT2D eigenvalue weighted by Crippen LogP contribution is 2.29. The first-order chi connectivity index (χ1) is 11.3. The second-order valence-corrected chi connectivity index (χ2v) is 6.48. The number of nitrogens with one attached hydrogen (secondary N) is 2. The highest BCUT2D eigenvalue weighted by Gasteiger charge is 2.30. The number of nitriles is 1. The van der Waals surface area contributed by atoms with Gasteiger partial charge in [0.25, 0.3) is 5.91 Å². The molecule has 6 nitrogen and oxygen atoms in total. The van der Waals surface area contributed by atoms with Crippen molar-refractivity contribution in [2.75, 3.05) is 27.8 Å². The van der Waals surface area contributed by atoms with Crippen molar-refractivity contribution >= 4 is 5.91 Å². The Kier molecular flexibility index (Phi) is 7.05. The maximum atomic E-state index is 12.3. The number of carbonyl (C=O) groups is 1. The van der Waals surface area contributed by atoms with Crippen LogP contribution < -0.4 is 19.7 Å². The van der Waals surface area contributed by atoms with Gasteiger partial charge in [0.2, 0.25) is 0 Å². The number of nitrogens with zero attached hydrogens (tertiary/aromatic N) is 1. The molecular formula is C18H28N3O3+. The molecule has 24 heavy (non-hydrogen) atoms. The van der Waals surface area contributed by atoms with Crippen molar-refractivity contribution in [1.29, 1.82) is 5.26 Å². The van der Waals surface area contributed by atoms with Crippen LogP contribution in [0.5, 0.6) is 11.5 Å². The molecule has 2 N–H and O–H groups in total. The molecule has 0 aromatic heterocycles. The standard InChI is InChI=1S/C18H27N3O3/c1-13(2)18(3,12-19)20-16(22)11-21(4)10-14-8-7-9-15(23-5)17(14)24-6/h7-9,13H,10-11H2,1-6H3,(H,20,22)/p+1/t18-/m0/s1. The maximum Gasteiger partial charge on any atom is 0.276 e. The molecule has 0 saturated heterocycles. The molecule has 1 aromatic rings. The van der Waals surface area contributed by atoms with E-state index in [1.807, 2.05) is 39.1 Å². The predicted octanol–water partition coefficient (Wildman–Crippen LogP) is 0.773. The van der Waals surface area contributed by atoms with Gasteiger partial charge < -0.3 is 19.7 Å². The maximum absolute atomic E-state index is 12.3. The van der Waals surface area contributed by atoms with Crippen LogP contribution in [0.15, 0.2) is 18.2 Å². The van der Waals surface area contributed by atoms with Gasteiger partial charge in [0.1, 0.15) is 12.1 Å². The zero-order valence-electron chi connectivity index (χ0n) is 15.4. The fourth-order valence-electron chi connectivity index (χ4n) is 2.39. The van der Waals surface area contributed by atoms with Crippen molar-refractivity contribution in [3.8, 4) is 17.6 Å². The van der Waals surface area contributed by atoms with Crippen molar-refractivity contribution in [3.05, 3.63) is 23.8 Å². The largest absolute Gasteiger partial charge is 0.493 e. The van der Waals surface area contributed by atoms with E-state index >= 15 is 0 Å². The minimum atomic E-state index is -0.856. The summed E-state index contributed by atoms with van der Waals surface area (Å²) < 4.78 is 10.7. The first-order valence-corrected chi connectivity index (χ1v) is 8.00. The van der Waals surface area contributed by atoms with E-state index in [1.165, 1.54) is 0 Å². The summed E-state index contributed by atoms with van der Waals surface area (Å²) in [6.07, 6.45) is 0. The number of likely N-dealkylation sites (N-methyl/N-ethyl adjacent to an activating group) is 1. The van der Waals surface area contributed by atoms with E-state index < -0.39 is 5.54 Å². The molecule has 0 bridgehead atoms. The van der Waals surface area contributed by atoms with Gasteiger partial charge in [-0.05, 0) is 25.0 Å². The van der Waals surface area contributed by atoms with Crippen LogP contribution in [0.3, 0.4) is 0 Å². The molecule has 1 unspecified atom stereocenters. The van der Waals surface area contributed by atoms with Gasteiger partial charge in [-0.2, -0.15) is 5.26 Å². The topological polar surface area (TPSA) is 75.8 Å². The third-order valence-corrected chi connectivity index (χ3v) is 4.23. The summed E-state index contributed by atoms with van der Waals surface area (Å²) in [4.78, 5) is 13.3. The van der Waals surface area contributed by atoms with Gasteiger partial charge in [0, 0.05) is 0 Å². The fourth-order valence-corrected chi connectivity index (χ4v) is 2.39. The lowest BCUT2D eigenvalue weighted by molar-refractivity contribution is -0.885. The molecule has 6 heteroatoms. The van der Waals surface area contributed by atoms with Crippen molar-refractivity contribution in [3.63, 3.8) is 0 Å². The van der Waals surface area contributed by atoms with Crippen LogP contribution in [-0.4, -0.2) is 39.3 Å². The monoisotopic (exact) mass is 334 g/mol. The van der Waals surface area contributed by atoms with Crippen LogP contribution in [0, 0.1) is 17.2 Å². The average molecular weight is 334 g/mol. The van der Waals surface area contributed by atoms with Gasteiger partial charge in [-0.1, -0.05) is 19.9 Å². The van der Waals surface area contributed by atoms with E-state index in [0.717, 1.165) is 10.5 Å². The molecular weight excluding hydrogens is 306 g/mol. The van der Waals surface area contributed by atoms with Gasteiger partial charge >= 0.3 is 0 Å². The molecule has 0 aliphatic carbocycles. The summed E-state index contributed by atoms with van der Waals surface area (Å²) in [5.41, 5.74) is 0.111. The Bertz CT molecular complexity index is 610. The number of hydrogen-bond acceptors (Lipinski definition) is 4. The van der Waals surface area contributed by atoms with Crippen LogP contribution >= 0.6 is 0 Å². The van der Waals surface area contributed by atoms with E-state index in [0.29, 0.717) is 18.0 Å². The summed E-state index contributed by atoms with van der Waals surface area (Å²) in [5.74, 6) is 1.24. The number of para-hydroxylation sites is 1. The van der Waals surface area contributed by atoms with Gasteiger partial charge in [-0.15, -0.1) is 0 Å². The van der Waals surface area contributed by atoms with Crippen LogP contribution in [0.4, 0.5) is 0 Å². The van der Waals surface area contributed by atoms with Gasteiger partial charge in [-0.3, -0.25) is 4.79 Å². The predicted molar refractivity (Wildman–Crippen MR) is 92.0 cm³/mol. The molecule has 0 heterocycles. The normalized spacial score (nSPS) is 14.4. The lowest BCUT2D eigenvalue weighted by Gasteiger charge is -2.27. The van der Waals surface area contributed by atoms with Crippen molar-refractivity contribution in [1.82, 2.24) is 5.32 Å². The number of ether oxygens (including phenoxy) is 2. The molecule has 132 valence electrons. The molecule has 0 aliphatic heterocycles. The van der Waals surface area contributed by atoms with Crippen LogP contribution in [0.25, 0.3) is 0 Å². The lowest BCUT2D eigenvalue weighted by Crippen LogP contribution is -3.09. The minimum absolute atomic E-state index is 0.0326. The smallest absolute Gasteiger partial charge is 0.276 e. The van der Waals surface area contributed by atoms with Crippen molar-refractivity contribution in [2.24, 2.45) is 5.92 Å². The first-order valence-electron chi connectivity index (χ1n) is 8.00. The Morgan fingerprint density at radius 1 is 1.38 bits per heavy atom. The number of benzene rings is 1. The average Bonchev–Trinajstić information content (AvgIpc) is 2.53. The summed E-state index contributed by atoms with van der Waals surface area (Å²) in [7, 11) is 5.13. The summed E-state index contributed by atoms with van der Waals surface area (Å²) in [6, 6.07) is 7.88. The van der Waals surface area contributed by atoms with Crippen LogP contribution in [-0.2, 0) is 11.3 Å². The van der Waals surface area contributed by atoms with Gasteiger partial charge in [-0.25, -0.2) is 0 Å². The number of carbonyl (C=O) groups excluding carboxylic acids is 1. The van der Waals surface area contributed by atoms with E-state index in [1.54, 1.807) is 21.1 Å². The Morgan fingerprint density at radius 2 is 2.04 bits per heavy atom. The number of quaternary nitrogens is 1. The number of rotatable bonds is 8. The zero-order chi connectivity index (χ0) is 18.3. The van der Waals surface area contributed by atoms with Crippen LogP contribution in [0.2, 0.25) is 0 Å². The second-order valence-electron chi connectivity index (χ2n) is 6.48. The third kappa shape index (κ3) is 4.87.